The molecule has 1 amide bonds. The van der Waals surface area contributed by atoms with E-state index in [1.165, 1.54) is 16.9 Å². The first kappa shape index (κ1) is 47.6. The number of hydrogen-bond acceptors (Lipinski definition) is 17. The molecule has 2 unspecified atom stereocenters. The van der Waals surface area contributed by atoms with Crippen LogP contribution in [0.1, 0.15) is 58.5 Å². The number of carbonyl (C=O) groups excluding carboxylic acids is 1. The van der Waals surface area contributed by atoms with E-state index in [2.05, 4.69) is 56.4 Å². The predicted molar refractivity (Wildman–Crippen MR) is 261 cm³/mol. The Morgan fingerprint density at radius 2 is 1.20 bits per heavy atom. The van der Waals surface area contributed by atoms with E-state index in [1.54, 1.807) is 31.0 Å². The molecule has 0 spiro atoms. The normalized spacial score (nSPS) is 22.3. The molecule has 4 fully saturated rings. The van der Waals surface area contributed by atoms with Gasteiger partial charge in [0.1, 0.15) is 34.1 Å². The lowest BCUT2D eigenvalue weighted by Crippen LogP contribution is -2.42. The molecule has 12 rings (SSSR count). The predicted octanol–water partition coefficient (Wildman–Crippen LogP) is 3.17. The summed E-state index contributed by atoms with van der Waals surface area (Å²) in [6.45, 7) is 4.26. The van der Waals surface area contributed by atoms with Gasteiger partial charge in [-0.25, -0.2) is 24.7 Å². The van der Waals surface area contributed by atoms with Gasteiger partial charge in [0, 0.05) is 86.1 Å². The van der Waals surface area contributed by atoms with Crippen LogP contribution in [0.5, 0.6) is 0 Å². The largest absolute Gasteiger partial charge is 0.477 e. The number of rotatable bonds is 9. The molecule has 23 heteroatoms. The van der Waals surface area contributed by atoms with Crippen molar-refractivity contribution in [2.75, 3.05) is 77.6 Å². The van der Waals surface area contributed by atoms with Crippen molar-refractivity contribution >= 4 is 56.9 Å². The summed E-state index contributed by atoms with van der Waals surface area (Å²) in [6.07, 6.45) is 13.4. The number of carboxylic acids is 1. The maximum Gasteiger partial charge on any atom is 0.341 e. The Morgan fingerprint density at radius 3 is 1.63 bits per heavy atom. The molecule has 71 heavy (non-hydrogen) atoms. The van der Waals surface area contributed by atoms with E-state index >= 15 is 0 Å². The van der Waals surface area contributed by atoms with Crippen molar-refractivity contribution in [3.05, 3.63) is 84.7 Å². The Labute approximate surface area is 405 Å². The van der Waals surface area contributed by atoms with E-state index in [-0.39, 0.29) is 42.8 Å². The molecule has 0 aliphatic carbocycles. The van der Waals surface area contributed by atoms with Crippen LogP contribution < -0.4 is 21.7 Å². The summed E-state index contributed by atoms with van der Waals surface area (Å²) in [5.41, 5.74) is 11.3. The molecule has 4 saturated heterocycles. The van der Waals surface area contributed by atoms with E-state index in [1.807, 2.05) is 42.6 Å². The van der Waals surface area contributed by atoms with Gasteiger partial charge in [-0.1, -0.05) is 0 Å². The second kappa shape index (κ2) is 20.7. The smallest absolute Gasteiger partial charge is 0.341 e. The number of ether oxygens (including phenoxy) is 4. The highest BCUT2D eigenvalue weighted by atomic mass is 16.5. The summed E-state index contributed by atoms with van der Waals surface area (Å²) < 4.78 is 28.9. The first-order valence-electron chi connectivity index (χ1n) is 23.6. The Morgan fingerprint density at radius 1 is 0.676 bits per heavy atom. The number of aliphatic hydroxyl groups excluding tert-OH is 2. The van der Waals surface area contributed by atoms with Gasteiger partial charge < -0.3 is 65.1 Å². The van der Waals surface area contributed by atoms with Gasteiger partial charge in [-0.05, 0) is 49.9 Å². The van der Waals surface area contributed by atoms with Crippen molar-refractivity contribution in [3.8, 4) is 22.5 Å². The van der Waals surface area contributed by atoms with E-state index in [0.29, 0.717) is 66.3 Å². The monoisotopic (exact) mass is 972 g/mol. The van der Waals surface area contributed by atoms with Crippen molar-refractivity contribution in [3.63, 3.8) is 0 Å². The molecular formula is C48H56N14O9. The maximum absolute atomic E-state index is 13.1. The molecule has 8 aromatic heterocycles. The number of nitrogens with zero attached hydrogens (tertiary/aromatic N) is 10. The second-order valence-electron chi connectivity index (χ2n) is 17.8. The average molecular weight is 973 g/mol. The van der Waals surface area contributed by atoms with E-state index in [9.17, 15) is 19.8 Å². The number of hydrogen-bond donors (Lipinski definition) is 7. The number of aromatic carboxylic acids is 1. The molecule has 372 valence electrons. The molecule has 6 atom stereocenters. The van der Waals surface area contributed by atoms with Crippen LogP contribution >= 0.6 is 0 Å². The van der Waals surface area contributed by atoms with Gasteiger partial charge in [-0.2, -0.15) is 19.2 Å². The van der Waals surface area contributed by atoms with E-state index in [4.69, 9.17) is 34.8 Å². The number of pyridine rings is 2. The Balaban J connectivity index is 0.000000146. The minimum Gasteiger partial charge on any atom is -0.477 e. The fourth-order valence-electron chi connectivity index (χ4n) is 9.37. The zero-order valence-corrected chi connectivity index (χ0v) is 39.2. The summed E-state index contributed by atoms with van der Waals surface area (Å²) in [7, 11) is 3.57. The lowest BCUT2D eigenvalue weighted by molar-refractivity contribution is 0.0605. The quantitative estimate of drug-likeness (QED) is 0.109. The Hall–Kier alpha value is -7.12. The third-order valence-electron chi connectivity index (χ3n) is 13.2. The minimum absolute atomic E-state index is 0.0610. The van der Waals surface area contributed by atoms with Crippen LogP contribution in [0, 0.1) is 0 Å². The Bertz CT molecular complexity index is 3180. The van der Waals surface area contributed by atoms with Crippen LogP contribution in [0.3, 0.4) is 0 Å². The highest BCUT2D eigenvalue weighted by molar-refractivity contribution is 6.01. The number of carbonyl (C=O) groups is 2. The molecule has 4 aliphatic rings. The number of nitrogens with two attached hydrogens (primary N) is 1. The number of anilines is 2. The molecule has 0 bridgehead atoms. The van der Waals surface area contributed by atoms with Crippen LogP contribution in [-0.2, 0) is 18.9 Å². The van der Waals surface area contributed by atoms with Crippen LogP contribution in [0.15, 0.2) is 73.6 Å². The lowest BCUT2D eigenvalue weighted by atomic mass is 10.1. The van der Waals surface area contributed by atoms with E-state index in [0.717, 1.165) is 72.1 Å². The van der Waals surface area contributed by atoms with Gasteiger partial charge in [0.05, 0.1) is 99.8 Å². The van der Waals surface area contributed by atoms with Crippen molar-refractivity contribution in [1.29, 1.82) is 0 Å². The van der Waals surface area contributed by atoms with Gasteiger partial charge >= 0.3 is 5.97 Å². The van der Waals surface area contributed by atoms with Gasteiger partial charge in [0.25, 0.3) is 5.91 Å². The maximum atomic E-state index is 13.1. The summed E-state index contributed by atoms with van der Waals surface area (Å²) in [5.74, 6) is -0.0674. The number of carboxylic acid groups (broad SMARTS) is 1. The fraction of sp³-hybridized carbons (Fsp3) is 0.417. The molecule has 0 saturated carbocycles. The Kier molecular flexibility index (Phi) is 13.9. The van der Waals surface area contributed by atoms with Crippen molar-refractivity contribution in [1.82, 2.24) is 53.6 Å². The first-order valence-corrected chi connectivity index (χ1v) is 23.6. The molecular weight excluding hydrogens is 917 g/mol. The molecule has 23 nitrogen and oxygen atoms in total. The first-order chi connectivity index (χ1) is 34.6. The number of nitrogens with one attached hydrogen (secondary N) is 3. The van der Waals surface area contributed by atoms with Crippen LogP contribution in [0.2, 0.25) is 0 Å². The average Bonchev–Trinajstić information content (AvgIpc) is 4.28. The van der Waals surface area contributed by atoms with Crippen molar-refractivity contribution < 1.29 is 43.9 Å². The summed E-state index contributed by atoms with van der Waals surface area (Å²) in [4.78, 5) is 43.4. The molecule has 0 radical (unpaired) electrons. The molecule has 4 aliphatic heterocycles. The number of aliphatic hydroxyl groups is 2. The van der Waals surface area contributed by atoms with Crippen LogP contribution in [0.4, 0.5) is 11.6 Å². The minimum atomic E-state index is -1.06. The van der Waals surface area contributed by atoms with Gasteiger partial charge in [0.2, 0.25) is 0 Å². The fourth-order valence-corrected chi connectivity index (χ4v) is 9.37. The van der Waals surface area contributed by atoms with Gasteiger partial charge in [-0.15, -0.1) is 0 Å². The van der Waals surface area contributed by atoms with Crippen LogP contribution in [-0.4, -0.2) is 167 Å². The SMILES string of the molecule is CNc1cc(-c2cn([C@@H]3CCCOC3)c3ncccc23)nc2c(C(=O)NC3COC[C@H]3O)cnn12.CNc1cc(-c2cn([C@@H]3CCCOC3)c3ncccc23)nc2c(C(=O)O)cnn12.NC1COC[C@H]1O. The zero-order chi connectivity index (χ0) is 49.2. The molecule has 0 aromatic carbocycles. The lowest BCUT2D eigenvalue weighted by Gasteiger charge is -2.24. The second-order valence-corrected chi connectivity index (χ2v) is 17.8. The standard InChI is InChI=1S/C24H27N7O4.C20H20N6O3.C4H9NO2/c1-25-21-8-18(17-10-30(14-4-3-7-34-11-14)22-15(17)5-2-6-26-22)28-23-16(9-27-31(21)23)24(33)29-19-12-35-13-20(19)32;1-21-17-8-16(24-19-14(20(27)28)9-23-26(17)19)15-10-25(12-4-3-7-29-11-12)18-13(15)5-2-6-22-18;5-3-1-7-2-4(3)6/h2,5-6,8-10,14,19-20,25,32H,3-4,7,11-13H2,1H3,(H,29,33);2,5-6,8-10,12,21H,3-4,7,11H2,1H3,(H,27,28);3-4,6H,1-2,5H2/t14-,19?,20-;12-;3?,4-/m111/s1. The van der Waals surface area contributed by atoms with Crippen molar-refractivity contribution in [2.45, 2.75) is 62.1 Å². The van der Waals surface area contributed by atoms with Gasteiger partial charge in [-0.3, -0.25) is 4.79 Å². The third kappa shape index (κ3) is 9.47. The number of amides is 1. The summed E-state index contributed by atoms with van der Waals surface area (Å²) >= 11 is 0. The molecule has 8 N–H and O–H groups in total. The number of fused-ring (bicyclic) bond motifs is 4. The topological polar surface area (TPSA) is 290 Å². The van der Waals surface area contributed by atoms with Crippen LogP contribution in [0.25, 0.3) is 55.9 Å². The highest BCUT2D eigenvalue weighted by Crippen LogP contribution is 2.36. The molecule has 8 aromatic rings. The van der Waals surface area contributed by atoms with E-state index < -0.39 is 24.2 Å². The van der Waals surface area contributed by atoms with Gasteiger partial charge in [0.15, 0.2) is 11.3 Å². The summed E-state index contributed by atoms with van der Waals surface area (Å²) in [5, 5.41) is 47.8. The summed E-state index contributed by atoms with van der Waals surface area (Å²) in [6, 6.07) is 11.4. The third-order valence-corrected chi connectivity index (χ3v) is 13.2. The highest BCUT2D eigenvalue weighted by Gasteiger charge is 2.30. The van der Waals surface area contributed by atoms with Crippen molar-refractivity contribution in [2.24, 2.45) is 5.73 Å². The molecule has 12 heterocycles. The zero-order valence-electron chi connectivity index (χ0n) is 39.2. The number of aromatic nitrogens is 10.